The lowest BCUT2D eigenvalue weighted by molar-refractivity contribution is -0.122. The predicted molar refractivity (Wildman–Crippen MR) is 109 cm³/mol. The van der Waals surface area contributed by atoms with E-state index in [-0.39, 0.29) is 11.9 Å². The predicted octanol–water partition coefficient (Wildman–Crippen LogP) is 2.27. The van der Waals surface area contributed by atoms with Crippen LogP contribution in [0.2, 0.25) is 5.02 Å². The van der Waals surface area contributed by atoms with Gasteiger partial charge < -0.3 is 20.4 Å². The number of urea groups is 1. The van der Waals surface area contributed by atoms with Crippen molar-refractivity contribution in [2.75, 3.05) is 31.1 Å². The molecule has 0 saturated carbocycles. The fourth-order valence-electron chi connectivity index (χ4n) is 3.00. The second-order valence-corrected chi connectivity index (χ2v) is 7.13. The third-order valence-corrected chi connectivity index (χ3v) is 4.96. The van der Waals surface area contributed by atoms with Gasteiger partial charge in [0, 0.05) is 55.8 Å². The third-order valence-electron chi connectivity index (χ3n) is 4.71. The van der Waals surface area contributed by atoms with Crippen molar-refractivity contribution in [1.82, 2.24) is 20.5 Å². The number of amides is 3. The molecule has 7 nitrogen and oxygen atoms in total. The molecule has 1 fully saturated rings. The van der Waals surface area contributed by atoms with Crippen LogP contribution in [-0.2, 0) is 11.3 Å². The van der Waals surface area contributed by atoms with Crippen molar-refractivity contribution in [2.24, 2.45) is 0 Å². The maximum absolute atomic E-state index is 12.5. The molecule has 1 aliphatic rings. The Hall–Kier alpha value is -2.80. The van der Waals surface area contributed by atoms with Gasteiger partial charge in [-0.15, -0.1) is 0 Å². The van der Waals surface area contributed by atoms with Crippen molar-refractivity contribution in [1.29, 1.82) is 0 Å². The molecule has 1 aromatic heterocycles. The number of carbonyl (C=O) groups is 2. The number of hydrogen-bond donors (Lipinski definition) is 2. The number of anilines is 1. The van der Waals surface area contributed by atoms with Gasteiger partial charge in [0.05, 0.1) is 0 Å². The van der Waals surface area contributed by atoms with E-state index in [1.165, 1.54) is 0 Å². The van der Waals surface area contributed by atoms with Crippen molar-refractivity contribution in [3.63, 3.8) is 0 Å². The topological polar surface area (TPSA) is 77.6 Å². The molecule has 2 N–H and O–H groups in total. The van der Waals surface area contributed by atoms with Crippen LogP contribution in [0.1, 0.15) is 12.5 Å². The average Bonchev–Trinajstić information content (AvgIpc) is 2.73. The molecule has 0 radical (unpaired) electrons. The zero-order valence-corrected chi connectivity index (χ0v) is 16.5. The molecule has 3 amide bonds. The van der Waals surface area contributed by atoms with Gasteiger partial charge in [0.1, 0.15) is 6.04 Å². The van der Waals surface area contributed by atoms with Crippen LogP contribution in [0.5, 0.6) is 0 Å². The van der Waals surface area contributed by atoms with E-state index in [1.54, 1.807) is 24.2 Å². The summed E-state index contributed by atoms with van der Waals surface area (Å²) in [6.07, 6.45) is 3.35. The monoisotopic (exact) mass is 401 g/mol. The lowest BCUT2D eigenvalue weighted by Crippen LogP contribution is -2.55. The highest BCUT2D eigenvalue weighted by Gasteiger charge is 2.24. The largest absolute Gasteiger partial charge is 0.368 e. The number of hydrogen-bond acceptors (Lipinski definition) is 4. The first-order chi connectivity index (χ1) is 13.5. The van der Waals surface area contributed by atoms with Gasteiger partial charge >= 0.3 is 6.03 Å². The number of halogens is 1. The highest BCUT2D eigenvalue weighted by Crippen LogP contribution is 2.19. The SMILES string of the molecule is C[C@@H](NC(=O)N1CCN(c2ccc(Cl)cc2)CC1)C(=O)NCc1ccncc1. The number of rotatable bonds is 5. The smallest absolute Gasteiger partial charge is 0.318 e. The highest BCUT2D eigenvalue weighted by atomic mass is 35.5. The van der Waals surface area contributed by atoms with Crippen molar-refractivity contribution < 1.29 is 9.59 Å². The van der Waals surface area contributed by atoms with Crippen LogP contribution >= 0.6 is 11.6 Å². The maximum atomic E-state index is 12.5. The lowest BCUT2D eigenvalue weighted by atomic mass is 10.2. The zero-order chi connectivity index (χ0) is 19.9. The lowest BCUT2D eigenvalue weighted by Gasteiger charge is -2.36. The molecule has 0 spiro atoms. The first-order valence-electron chi connectivity index (χ1n) is 9.25. The summed E-state index contributed by atoms with van der Waals surface area (Å²) >= 11 is 5.93. The minimum Gasteiger partial charge on any atom is -0.368 e. The number of benzene rings is 1. The summed E-state index contributed by atoms with van der Waals surface area (Å²) in [7, 11) is 0. The Bertz CT molecular complexity index is 792. The van der Waals surface area contributed by atoms with Crippen molar-refractivity contribution in [3.05, 3.63) is 59.4 Å². The van der Waals surface area contributed by atoms with E-state index >= 15 is 0 Å². The summed E-state index contributed by atoms with van der Waals surface area (Å²) in [6, 6.07) is 10.5. The van der Waals surface area contributed by atoms with E-state index < -0.39 is 6.04 Å². The van der Waals surface area contributed by atoms with Crippen LogP contribution in [0, 0.1) is 0 Å². The molecule has 1 saturated heterocycles. The fourth-order valence-corrected chi connectivity index (χ4v) is 3.13. The molecule has 2 aromatic rings. The standard InChI is InChI=1S/C20H24ClN5O2/c1-15(19(27)23-14-16-6-8-22-9-7-16)24-20(28)26-12-10-25(11-13-26)18-4-2-17(21)3-5-18/h2-9,15H,10-14H2,1H3,(H,23,27)(H,24,28)/t15-/m1/s1. The van der Waals surface area contributed by atoms with Crippen molar-refractivity contribution in [3.8, 4) is 0 Å². The van der Waals surface area contributed by atoms with E-state index in [0.29, 0.717) is 24.7 Å². The zero-order valence-electron chi connectivity index (χ0n) is 15.8. The van der Waals surface area contributed by atoms with Crippen molar-refractivity contribution >= 4 is 29.2 Å². The maximum Gasteiger partial charge on any atom is 0.318 e. The second-order valence-electron chi connectivity index (χ2n) is 6.69. The molecule has 1 atom stereocenters. The number of piperazine rings is 1. The van der Waals surface area contributed by atoms with E-state index in [1.807, 2.05) is 36.4 Å². The summed E-state index contributed by atoms with van der Waals surface area (Å²) in [5.41, 5.74) is 2.05. The van der Waals surface area contributed by atoms with E-state index in [9.17, 15) is 9.59 Å². The van der Waals surface area contributed by atoms with Gasteiger partial charge in [-0.25, -0.2) is 4.79 Å². The minimum absolute atomic E-state index is 0.218. The Morgan fingerprint density at radius 1 is 1.07 bits per heavy atom. The third kappa shape index (κ3) is 5.36. The number of nitrogens with one attached hydrogen (secondary N) is 2. The van der Waals surface area contributed by atoms with Crippen LogP contribution in [0.15, 0.2) is 48.8 Å². The van der Waals surface area contributed by atoms with Gasteiger partial charge in [-0.1, -0.05) is 11.6 Å². The molecule has 3 rings (SSSR count). The van der Waals surface area contributed by atoms with Gasteiger partial charge in [0.25, 0.3) is 0 Å². The molecular formula is C20H24ClN5O2. The van der Waals surface area contributed by atoms with Crippen LogP contribution in [0.4, 0.5) is 10.5 Å². The molecule has 0 unspecified atom stereocenters. The van der Waals surface area contributed by atoms with Crippen LogP contribution in [-0.4, -0.2) is 54.0 Å². The Labute approximate surface area is 169 Å². The molecule has 28 heavy (non-hydrogen) atoms. The average molecular weight is 402 g/mol. The number of pyridine rings is 1. The molecule has 0 bridgehead atoms. The van der Waals surface area contributed by atoms with Gasteiger partial charge in [0.2, 0.25) is 5.91 Å². The minimum atomic E-state index is -0.608. The second kappa shape index (κ2) is 9.41. The Morgan fingerprint density at radius 2 is 1.71 bits per heavy atom. The number of aromatic nitrogens is 1. The fraction of sp³-hybridized carbons (Fsp3) is 0.350. The van der Waals surface area contributed by atoms with Crippen molar-refractivity contribution in [2.45, 2.75) is 19.5 Å². The molecule has 2 heterocycles. The summed E-state index contributed by atoms with van der Waals surface area (Å²) in [5.74, 6) is -0.218. The summed E-state index contributed by atoms with van der Waals surface area (Å²) in [6.45, 7) is 4.75. The number of carbonyl (C=O) groups excluding carboxylic acids is 2. The molecular weight excluding hydrogens is 378 g/mol. The summed E-state index contributed by atoms with van der Waals surface area (Å²) < 4.78 is 0. The van der Waals surface area contributed by atoms with Gasteiger partial charge in [0.15, 0.2) is 0 Å². The summed E-state index contributed by atoms with van der Waals surface area (Å²) in [4.78, 5) is 32.6. The van der Waals surface area contributed by atoms with Gasteiger partial charge in [-0.05, 0) is 48.9 Å². The van der Waals surface area contributed by atoms with E-state index in [2.05, 4.69) is 20.5 Å². The van der Waals surface area contributed by atoms with Gasteiger partial charge in [-0.3, -0.25) is 9.78 Å². The van der Waals surface area contributed by atoms with E-state index in [4.69, 9.17) is 11.6 Å². The van der Waals surface area contributed by atoms with Crippen LogP contribution in [0.3, 0.4) is 0 Å². The number of nitrogens with zero attached hydrogens (tertiary/aromatic N) is 3. The van der Waals surface area contributed by atoms with Crippen LogP contribution in [0.25, 0.3) is 0 Å². The van der Waals surface area contributed by atoms with E-state index in [0.717, 1.165) is 24.3 Å². The Kier molecular flexibility index (Phi) is 6.71. The first-order valence-corrected chi connectivity index (χ1v) is 9.63. The molecule has 1 aromatic carbocycles. The van der Waals surface area contributed by atoms with Crippen LogP contribution < -0.4 is 15.5 Å². The first kappa shape index (κ1) is 19.9. The quantitative estimate of drug-likeness (QED) is 0.805. The Balaban J connectivity index is 1.43. The molecule has 148 valence electrons. The van der Waals surface area contributed by atoms with Gasteiger partial charge in [-0.2, -0.15) is 0 Å². The Morgan fingerprint density at radius 3 is 2.36 bits per heavy atom. The summed E-state index contributed by atoms with van der Waals surface area (Å²) in [5, 5.41) is 6.30. The normalized spacial score (nSPS) is 15.1. The molecule has 0 aliphatic carbocycles. The molecule has 8 heteroatoms. The molecule has 1 aliphatic heterocycles. The highest BCUT2D eigenvalue weighted by molar-refractivity contribution is 6.30.